The van der Waals surface area contributed by atoms with Gasteiger partial charge in [-0.3, -0.25) is 8.74 Å². The fourth-order valence-electron chi connectivity index (χ4n) is 2.95. The molecule has 2 aromatic carbocycles. The average Bonchev–Trinajstić information content (AvgIpc) is 2.86. The number of halogens is 2. The predicted molar refractivity (Wildman–Crippen MR) is 136 cm³/mol. The SMILES string of the molecule is NC(=O)Nc1cc(Nc2cc(F)nc(F)n2)ccc1N=Nc1ccc(S(=O)(=O)CCOSOOO)cc1S(=O)(=O)O. The van der Waals surface area contributed by atoms with Gasteiger partial charge in [-0.05, 0) is 36.4 Å². The van der Waals surface area contributed by atoms with Crippen LogP contribution in [0.5, 0.6) is 0 Å². The van der Waals surface area contributed by atoms with Crippen molar-refractivity contribution in [3.63, 3.8) is 0 Å². The standard InChI is InChI=1S/C19H17F2N7O10S3/c20-16-9-17(26-18(21)25-16)23-10-1-3-12(14(7-10)24-19(22)29)27-28-13-4-2-11(8-15(13)41(33,34)35)40(31,32)6-5-36-39-38-37-30/h1-4,7-9,30H,5-6H2,(H3,22,24,29)(H,23,25,26)(H,33,34,35). The minimum atomic E-state index is -5.02. The summed E-state index contributed by atoms with van der Waals surface area (Å²) in [5.41, 5.74) is 4.65. The molecule has 0 unspecified atom stereocenters. The quantitative estimate of drug-likeness (QED) is 0.0263. The number of nitrogens with zero attached hydrogens (tertiary/aromatic N) is 4. The molecule has 22 heteroatoms. The summed E-state index contributed by atoms with van der Waals surface area (Å²) in [5, 5.41) is 23.6. The summed E-state index contributed by atoms with van der Waals surface area (Å²) in [6.45, 7) is -0.458. The Labute approximate surface area is 233 Å². The molecular formula is C19H17F2N7O10S3. The minimum Gasteiger partial charge on any atom is -0.351 e. The molecular weight excluding hydrogens is 620 g/mol. The topological polar surface area (TPSA) is 254 Å². The third kappa shape index (κ3) is 9.32. The van der Waals surface area contributed by atoms with E-state index in [9.17, 15) is 35.0 Å². The highest BCUT2D eigenvalue weighted by Crippen LogP contribution is 2.33. The van der Waals surface area contributed by atoms with Crippen molar-refractivity contribution >= 4 is 66.9 Å². The maximum Gasteiger partial charge on any atom is 0.316 e. The Morgan fingerprint density at radius 2 is 1.76 bits per heavy atom. The second kappa shape index (κ2) is 13.6. The number of aromatic nitrogens is 2. The van der Waals surface area contributed by atoms with Crippen LogP contribution in [-0.4, -0.2) is 55.0 Å². The molecule has 1 heterocycles. The van der Waals surface area contributed by atoms with E-state index in [1.807, 2.05) is 0 Å². The Hall–Kier alpha value is -3.90. The number of anilines is 3. The van der Waals surface area contributed by atoms with E-state index in [1.165, 1.54) is 18.2 Å². The first kappa shape index (κ1) is 31.6. The number of carbonyl (C=O) groups is 1. The van der Waals surface area contributed by atoms with E-state index < -0.39 is 65.9 Å². The second-order valence-corrected chi connectivity index (χ2v) is 11.4. The number of nitrogens with one attached hydrogen (secondary N) is 2. The highest BCUT2D eigenvalue weighted by molar-refractivity contribution is 7.91. The first-order valence-corrected chi connectivity index (χ1v) is 14.2. The van der Waals surface area contributed by atoms with Gasteiger partial charge in [-0.1, -0.05) is 5.04 Å². The number of carbonyl (C=O) groups excluding carboxylic acids is 1. The lowest BCUT2D eigenvalue weighted by atomic mass is 10.2. The number of primary amides is 1. The zero-order valence-corrected chi connectivity index (χ0v) is 22.4. The van der Waals surface area contributed by atoms with Gasteiger partial charge in [0.2, 0.25) is 5.95 Å². The van der Waals surface area contributed by atoms with Crippen molar-refractivity contribution in [2.24, 2.45) is 16.0 Å². The minimum absolute atomic E-state index is 0.0951. The second-order valence-electron chi connectivity index (χ2n) is 7.35. The van der Waals surface area contributed by atoms with Crippen LogP contribution >= 0.6 is 12.3 Å². The molecule has 0 radical (unpaired) electrons. The van der Waals surface area contributed by atoms with Gasteiger partial charge in [0.1, 0.15) is 22.1 Å². The summed E-state index contributed by atoms with van der Waals surface area (Å²) in [6, 6.07) is 6.16. The average molecular weight is 638 g/mol. The molecule has 0 bridgehead atoms. The summed E-state index contributed by atoms with van der Waals surface area (Å²) < 4.78 is 94.0. The van der Waals surface area contributed by atoms with Gasteiger partial charge in [0.05, 0.1) is 22.9 Å². The van der Waals surface area contributed by atoms with E-state index in [4.69, 9.17) is 11.0 Å². The largest absolute Gasteiger partial charge is 0.351 e. The molecule has 2 amide bonds. The van der Waals surface area contributed by atoms with Crippen LogP contribution < -0.4 is 16.4 Å². The zero-order chi connectivity index (χ0) is 30.2. The van der Waals surface area contributed by atoms with Gasteiger partial charge in [0, 0.05) is 11.8 Å². The summed E-state index contributed by atoms with van der Waals surface area (Å²) >= 11 is 0.137. The number of urea groups is 1. The van der Waals surface area contributed by atoms with Gasteiger partial charge in [0.15, 0.2) is 22.2 Å². The summed E-state index contributed by atoms with van der Waals surface area (Å²) in [4.78, 5) is 16.3. The molecule has 3 aromatic rings. The lowest BCUT2D eigenvalue weighted by Crippen LogP contribution is -2.19. The van der Waals surface area contributed by atoms with Crippen molar-refractivity contribution in [1.29, 1.82) is 0 Å². The van der Waals surface area contributed by atoms with Crippen LogP contribution in [0.15, 0.2) is 62.5 Å². The highest BCUT2D eigenvalue weighted by Gasteiger charge is 2.22. The van der Waals surface area contributed by atoms with Crippen molar-refractivity contribution in [2.45, 2.75) is 9.79 Å². The molecule has 3 rings (SSSR count). The van der Waals surface area contributed by atoms with Gasteiger partial charge < -0.3 is 16.4 Å². The number of sulfone groups is 1. The Morgan fingerprint density at radius 1 is 1.05 bits per heavy atom. The lowest BCUT2D eigenvalue weighted by Gasteiger charge is -2.11. The monoisotopic (exact) mass is 637 g/mol. The summed E-state index contributed by atoms with van der Waals surface area (Å²) in [7, 11) is -9.16. The van der Waals surface area contributed by atoms with Crippen LogP contribution in [0.1, 0.15) is 0 Å². The molecule has 0 aliphatic heterocycles. The molecule has 0 fully saturated rings. The van der Waals surface area contributed by atoms with Crippen LogP contribution in [0.2, 0.25) is 0 Å². The molecule has 1 aromatic heterocycles. The van der Waals surface area contributed by atoms with Crippen LogP contribution in [0.3, 0.4) is 0 Å². The van der Waals surface area contributed by atoms with Crippen LogP contribution in [0.4, 0.5) is 42.1 Å². The maximum absolute atomic E-state index is 13.4. The first-order chi connectivity index (χ1) is 19.3. The van der Waals surface area contributed by atoms with Crippen molar-refractivity contribution in [1.82, 2.24) is 9.97 Å². The third-order valence-corrected chi connectivity index (χ3v) is 7.51. The van der Waals surface area contributed by atoms with Crippen molar-refractivity contribution < 1.29 is 53.8 Å². The molecule has 220 valence electrons. The Bertz CT molecular complexity index is 1660. The van der Waals surface area contributed by atoms with Crippen molar-refractivity contribution in [3.8, 4) is 0 Å². The summed E-state index contributed by atoms with van der Waals surface area (Å²) in [5.74, 6) is -2.07. The maximum atomic E-state index is 13.4. The lowest BCUT2D eigenvalue weighted by molar-refractivity contribution is -0.434. The van der Waals surface area contributed by atoms with E-state index in [1.54, 1.807) is 0 Å². The van der Waals surface area contributed by atoms with E-state index in [0.29, 0.717) is 6.07 Å². The van der Waals surface area contributed by atoms with Crippen LogP contribution in [0.25, 0.3) is 0 Å². The van der Waals surface area contributed by atoms with Crippen LogP contribution in [-0.2, 0) is 33.5 Å². The molecule has 17 nitrogen and oxygen atoms in total. The van der Waals surface area contributed by atoms with Crippen LogP contribution in [0, 0.1) is 12.0 Å². The Balaban J connectivity index is 1.92. The molecule has 0 saturated heterocycles. The number of hydrogen-bond acceptors (Lipinski definition) is 15. The van der Waals surface area contributed by atoms with Crippen molar-refractivity contribution in [2.75, 3.05) is 23.0 Å². The highest BCUT2D eigenvalue weighted by atomic mass is 32.2. The number of amides is 2. The molecule has 6 N–H and O–H groups in total. The van der Waals surface area contributed by atoms with Gasteiger partial charge in [-0.25, -0.2) is 18.5 Å². The number of benzene rings is 2. The molecule has 0 saturated carbocycles. The number of azo groups is 1. The first-order valence-electron chi connectivity index (χ1n) is 10.5. The molecule has 41 heavy (non-hydrogen) atoms. The zero-order valence-electron chi connectivity index (χ0n) is 20.0. The molecule has 0 spiro atoms. The molecule has 0 aliphatic rings. The molecule has 0 atom stereocenters. The van der Waals surface area contributed by atoms with Gasteiger partial charge in [-0.2, -0.15) is 27.2 Å². The van der Waals surface area contributed by atoms with E-state index in [0.717, 1.165) is 18.2 Å². The fraction of sp³-hybridized carbons (Fsp3) is 0.105. The van der Waals surface area contributed by atoms with Gasteiger partial charge in [0.25, 0.3) is 10.1 Å². The summed E-state index contributed by atoms with van der Waals surface area (Å²) in [6.07, 6.45) is -1.34. The van der Waals surface area contributed by atoms with Crippen molar-refractivity contribution in [3.05, 3.63) is 54.5 Å². The normalized spacial score (nSPS) is 12.0. The predicted octanol–water partition coefficient (Wildman–Crippen LogP) is 3.43. The fourth-order valence-corrected chi connectivity index (χ4v) is 5.10. The number of rotatable bonds is 13. The smallest absolute Gasteiger partial charge is 0.316 e. The Kier molecular flexibility index (Phi) is 10.5. The van der Waals surface area contributed by atoms with E-state index in [2.05, 4.69) is 44.4 Å². The van der Waals surface area contributed by atoms with Gasteiger partial charge in [-0.15, -0.1) is 14.6 Å². The van der Waals surface area contributed by atoms with E-state index >= 15 is 0 Å². The van der Waals surface area contributed by atoms with Gasteiger partial charge >= 0.3 is 12.1 Å². The van der Waals surface area contributed by atoms with E-state index in [-0.39, 0.29) is 35.2 Å². The number of hydrogen-bond donors (Lipinski definition) is 5. The number of nitrogens with two attached hydrogens (primary N) is 1. The molecule has 0 aliphatic carbocycles. The Morgan fingerprint density at radius 3 is 2.41 bits per heavy atom. The third-order valence-electron chi connectivity index (χ3n) is 4.57.